The first-order chi connectivity index (χ1) is 15.5. The van der Waals surface area contributed by atoms with Gasteiger partial charge in [0.2, 0.25) is 0 Å². The predicted molar refractivity (Wildman–Crippen MR) is 116 cm³/mol. The molecule has 2 fully saturated rings. The summed E-state index contributed by atoms with van der Waals surface area (Å²) in [5.74, 6) is 0.426. The summed E-state index contributed by atoms with van der Waals surface area (Å²) in [6, 6.07) is 6.28. The number of halogens is 1. The molecule has 1 saturated carbocycles. The number of ether oxygens (including phenoxy) is 1. The molecule has 1 saturated heterocycles. The van der Waals surface area contributed by atoms with E-state index in [-0.39, 0.29) is 17.6 Å². The standard InChI is InChI=1S/C21H24FN5O4S/c22-11-4-1-2-7-15(11)32-8-14-17(29)18(30)21(31-14)27-10-25-16-19(23-9-24-20(16)27)26-12-5-3-6-13(12)28/h1-2,4,7,9-10,12-14,17-18,21,28-30H,3,5-6,8H2,(H,23,24,26)/t12?,13?,14-,17-,18-,21-/m1/s1. The van der Waals surface area contributed by atoms with Crippen molar-refractivity contribution in [2.24, 2.45) is 0 Å². The fraction of sp³-hybridized carbons (Fsp3) is 0.476. The molecule has 170 valence electrons. The van der Waals surface area contributed by atoms with Crippen molar-refractivity contribution in [1.82, 2.24) is 19.5 Å². The lowest BCUT2D eigenvalue weighted by molar-refractivity contribution is -0.0289. The van der Waals surface area contributed by atoms with Crippen LogP contribution in [0.4, 0.5) is 10.2 Å². The van der Waals surface area contributed by atoms with Gasteiger partial charge in [-0.3, -0.25) is 4.57 Å². The van der Waals surface area contributed by atoms with Crippen molar-refractivity contribution >= 4 is 28.7 Å². The van der Waals surface area contributed by atoms with Crippen LogP contribution in [-0.2, 0) is 4.74 Å². The number of aliphatic hydroxyl groups is 3. The van der Waals surface area contributed by atoms with Gasteiger partial charge >= 0.3 is 0 Å². The normalized spacial score (nSPS) is 30.2. The summed E-state index contributed by atoms with van der Waals surface area (Å²) in [6.45, 7) is 0. The summed E-state index contributed by atoms with van der Waals surface area (Å²) in [6.07, 6.45) is 0.990. The molecule has 0 bridgehead atoms. The lowest BCUT2D eigenvalue weighted by Gasteiger charge is -2.18. The second kappa shape index (κ2) is 8.91. The number of fused-ring (bicyclic) bond motifs is 1. The fourth-order valence-corrected chi connectivity index (χ4v) is 5.26. The molecule has 2 aromatic heterocycles. The van der Waals surface area contributed by atoms with E-state index in [0.717, 1.165) is 19.3 Å². The van der Waals surface area contributed by atoms with Crippen LogP contribution < -0.4 is 5.32 Å². The Morgan fingerprint density at radius 3 is 2.75 bits per heavy atom. The van der Waals surface area contributed by atoms with E-state index in [1.54, 1.807) is 22.8 Å². The second-order valence-electron chi connectivity index (χ2n) is 8.08. The van der Waals surface area contributed by atoms with E-state index < -0.39 is 30.6 Å². The van der Waals surface area contributed by atoms with Gasteiger partial charge in [0.05, 0.1) is 24.6 Å². The van der Waals surface area contributed by atoms with E-state index in [9.17, 15) is 19.7 Å². The van der Waals surface area contributed by atoms with Gasteiger partial charge in [0.15, 0.2) is 23.2 Å². The van der Waals surface area contributed by atoms with Crippen LogP contribution >= 0.6 is 11.8 Å². The zero-order valence-electron chi connectivity index (χ0n) is 17.1. The van der Waals surface area contributed by atoms with Crippen molar-refractivity contribution in [3.8, 4) is 0 Å². The number of aliphatic hydroxyl groups excluding tert-OH is 3. The summed E-state index contributed by atoms with van der Waals surface area (Å²) >= 11 is 1.22. The Labute approximate surface area is 187 Å². The first-order valence-corrected chi connectivity index (χ1v) is 11.5. The first kappa shape index (κ1) is 21.5. The van der Waals surface area contributed by atoms with Gasteiger partial charge in [0.1, 0.15) is 24.4 Å². The molecule has 4 N–H and O–H groups in total. The molecule has 11 heteroatoms. The molecule has 2 unspecified atom stereocenters. The van der Waals surface area contributed by atoms with Gasteiger partial charge in [-0.05, 0) is 31.4 Å². The van der Waals surface area contributed by atoms with Crippen molar-refractivity contribution in [1.29, 1.82) is 0 Å². The highest BCUT2D eigenvalue weighted by Crippen LogP contribution is 2.35. The SMILES string of the molecule is OC1CCCC1Nc1ncnc2c1ncn2[C@@H]1O[C@H](CSc2ccccc2F)[C@@H](O)[C@H]1O. The maximum Gasteiger partial charge on any atom is 0.167 e. The van der Waals surface area contributed by atoms with E-state index >= 15 is 0 Å². The van der Waals surface area contributed by atoms with Gasteiger partial charge in [-0.1, -0.05) is 12.1 Å². The summed E-state index contributed by atoms with van der Waals surface area (Å²) in [7, 11) is 0. The van der Waals surface area contributed by atoms with Gasteiger partial charge in [-0.2, -0.15) is 0 Å². The minimum Gasteiger partial charge on any atom is -0.391 e. The predicted octanol–water partition coefficient (Wildman–Crippen LogP) is 1.70. The zero-order valence-corrected chi connectivity index (χ0v) is 17.9. The number of nitrogens with zero attached hydrogens (tertiary/aromatic N) is 4. The van der Waals surface area contributed by atoms with E-state index in [0.29, 0.717) is 21.9 Å². The maximum atomic E-state index is 13.9. The summed E-state index contributed by atoms with van der Waals surface area (Å²) in [4.78, 5) is 13.4. The van der Waals surface area contributed by atoms with Crippen LogP contribution in [0.3, 0.4) is 0 Å². The molecule has 1 aliphatic carbocycles. The third kappa shape index (κ3) is 3.95. The smallest absolute Gasteiger partial charge is 0.167 e. The first-order valence-electron chi connectivity index (χ1n) is 10.5. The fourth-order valence-electron chi connectivity index (χ4n) is 4.26. The van der Waals surface area contributed by atoms with Crippen LogP contribution in [0.2, 0.25) is 0 Å². The van der Waals surface area contributed by atoms with Crippen LogP contribution in [0.1, 0.15) is 25.5 Å². The van der Waals surface area contributed by atoms with Crippen LogP contribution in [0, 0.1) is 5.82 Å². The summed E-state index contributed by atoms with van der Waals surface area (Å²) in [5.41, 5.74) is 0.926. The maximum absolute atomic E-state index is 13.9. The Kier molecular flexibility index (Phi) is 5.99. The van der Waals surface area contributed by atoms with Crippen molar-refractivity contribution in [2.45, 2.75) is 60.8 Å². The molecule has 1 aromatic carbocycles. The van der Waals surface area contributed by atoms with Crippen molar-refractivity contribution in [2.75, 3.05) is 11.1 Å². The van der Waals surface area contributed by atoms with Crippen molar-refractivity contribution in [3.05, 3.63) is 42.7 Å². The third-order valence-corrected chi connectivity index (χ3v) is 7.15. The van der Waals surface area contributed by atoms with Crippen LogP contribution in [-0.4, -0.2) is 71.0 Å². The molecule has 3 heterocycles. The highest BCUT2D eigenvalue weighted by molar-refractivity contribution is 7.99. The molecule has 2 aliphatic rings. The van der Waals surface area contributed by atoms with Crippen LogP contribution in [0.15, 0.2) is 41.8 Å². The van der Waals surface area contributed by atoms with Gasteiger partial charge < -0.3 is 25.4 Å². The number of imidazole rings is 1. The number of hydrogen-bond donors (Lipinski definition) is 4. The Balaban J connectivity index is 1.34. The Morgan fingerprint density at radius 2 is 1.97 bits per heavy atom. The molecule has 0 spiro atoms. The summed E-state index contributed by atoms with van der Waals surface area (Å²) in [5, 5.41) is 34.5. The van der Waals surface area contributed by atoms with E-state index in [2.05, 4.69) is 20.3 Å². The molecule has 0 radical (unpaired) electrons. The lowest BCUT2D eigenvalue weighted by Crippen LogP contribution is -2.32. The second-order valence-corrected chi connectivity index (χ2v) is 9.14. The molecule has 9 nitrogen and oxygen atoms in total. The minimum absolute atomic E-state index is 0.104. The molecule has 3 aromatic rings. The average molecular weight is 462 g/mol. The quantitative estimate of drug-likeness (QED) is 0.406. The number of anilines is 1. The number of hydrogen-bond acceptors (Lipinski definition) is 9. The van der Waals surface area contributed by atoms with Crippen LogP contribution in [0.25, 0.3) is 11.2 Å². The van der Waals surface area contributed by atoms with Crippen molar-refractivity contribution in [3.63, 3.8) is 0 Å². The molecule has 1 aliphatic heterocycles. The number of benzene rings is 1. The van der Waals surface area contributed by atoms with Gasteiger partial charge in [-0.15, -0.1) is 11.8 Å². The topological polar surface area (TPSA) is 126 Å². The highest BCUT2D eigenvalue weighted by Gasteiger charge is 2.44. The summed E-state index contributed by atoms with van der Waals surface area (Å²) < 4.78 is 21.4. The average Bonchev–Trinajstić information content (AvgIpc) is 3.47. The third-order valence-electron chi connectivity index (χ3n) is 6.01. The molecular weight excluding hydrogens is 437 g/mol. The minimum atomic E-state index is -1.21. The molecular formula is C21H24FN5O4S. The zero-order chi connectivity index (χ0) is 22.2. The largest absolute Gasteiger partial charge is 0.391 e. The number of aromatic nitrogens is 4. The van der Waals surface area contributed by atoms with E-state index in [1.165, 1.54) is 30.5 Å². The molecule has 5 rings (SSSR count). The number of rotatable bonds is 6. The molecule has 32 heavy (non-hydrogen) atoms. The van der Waals surface area contributed by atoms with Crippen molar-refractivity contribution < 1.29 is 24.4 Å². The van der Waals surface area contributed by atoms with Crippen LogP contribution in [0.5, 0.6) is 0 Å². The Bertz CT molecular complexity index is 1100. The van der Waals surface area contributed by atoms with Gasteiger partial charge in [0.25, 0.3) is 0 Å². The van der Waals surface area contributed by atoms with Gasteiger partial charge in [0, 0.05) is 10.6 Å². The number of nitrogens with one attached hydrogen (secondary N) is 1. The van der Waals surface area contributed by atoms with E-state index in [4.69, 9.17) is 4.74 Å². The van der Waals surface area contributed by atoms with Gasteiger partial charge in [-0.25, -0.2) is 19.3 Å². The Hall–Kier alpha value is -2.31. The lowest BCUT2D eigenvalue weighted by atomic mass is 10.1. The number of thioether (sulfide) groups is 1. The van der Waals surface area contributed by atoms with E-state index in [1.807, 2.05) is 0 Å². The molecule has 0 amide bonds. The highest BCUT2D eigenvalue weighted by atomic mass is 32.2. The molecule has 6 atom stereocenters. The Morgan fingerprint density at radius 1 is 1.12 bits per heavy atom. The monoisotopic (exact) mass is 461 g/mol.